The lowest BCUT2D eigenvalue weighted by Crippen LogP contribution is -2.25. The topological polar surface area (TPSA) is 89.3 Å². The molecule has 1 fully saturated rings. The minimum absolute atomic E-state index is 0.00264. The molecular weight excluding hydrogens is 288 g/mol. The number of primary sulfonamides is 1. The molecule has 0 aromatic heterocycles. The molecule has 6 heteroatoms. The number of hydrogen-bond acceptors (Lipinski definition) is 3. The maximum absolute atomic E-state index is 12.4. The van der Waals surface area contributed by atoms with Gasteiger partial charge in [-0.15, -0.1) is 0 Å². The monoisotopic (exact) mass is 310 g/mol. The SMILES string of the molecule is Cc1cc(S(N)(=O)=O)cc(NC(=O)C2CCCC2C)c1C. The van der Waals surface area contributed by atoms with E-state index < -0.39 is 10.0 Å². The van der Waals surface area contributed by atoms with E-state index >= 15 is 0 Å². The number of aryl methyl sites for hydroxylation is 1. The highest BCUT2D eigenvalue weighted by Gasteiger charge is 2.30. The Morgan fingerprint density at radius 2 is 1.95 bits per heavy atom. The standard InChI is InChI=1S/C15H22N2O3S/c1-9-5-4-6-13(9)15(18)17-14-8-12(21(16,19)20)7-10(2)11(14)3/h7-9,13H,4-6H2,1-3H3,(H,17,18)(H2,16,19,20). The van der Waals surface area contributed by atoms with Gasteiger partial charge in [0.2, 0.25) is 15.9 Å². The van der Waals surface area contributed by atoms with Crippen molar-refractivity contribution in [1.82, 2.24) is 0 Å². The van der Waals surface area contributed by atoms with Gasteiger partial charge < -0.3 is 5.32 Å². The first-order valence-corrected chi connectivity index (χ1v) is 8.69. The number of carbonyl (C=O) groups excluding carboxylic acids is 1. The van der Waals surface area contributed by atoms with Crippen molar-refractivity contribution in [3.05, 3.63) is 23.3 Å². The minimum Gasteiger partial charge on any atom is -0.326 e. The zero-order valence-corrected chi connectivity index (χ0v) is 13.5. The van der Waals surface area contributed by atoms with Gasteiger partial charge >= 0.3 is 0 Å². The number of hydrogen-bond donors (Lipinski definition) is 2. The molecule has 5 nitrogen and oxygen atoms in total. The van der Waals surface area contributed by atoms with Gasteiger partial charge in [-0.25, -0.2) is 13.6 Å². The van der Waals surface area contributed by atoms with Crippen molar-refractivity contribution in [2.24, 2.45) is 17.0 Å². The first kappa shape index (κ1) is 16.0. The van der Waals surface area contributed by atoms with Gasteiger partial charge in [-0.1, -0.05) is 13.3 Å². The number of anilines is 1. The number of amides is 1. The number of rotatable bonds is 3. The van der Waals surface area contributed by atoms with Crippen molar-refractivity contribution in [1.29, 1.82) is 0 Å². The van der Waals surface area contributed by atoms with Crippen LogP contribution < -0.4 is 10.5 Å². The zero-order chi connectivity index (χ0) is 15.8. The molecule has 0 heterocycles. The van der Waals surface area contributed by atoms with Gasteiger partial charge in [0, 0.05) is 11.6 Å². The van der Waals surface area contributed by atoms with Gasteiger partial charge in [0.25, 0.3) is 0 Å². The van der Waals surface area contributed by atoms with Crippen LogP contribution in [-0.2, 0) is 14.8 Å². The van der Waals surface area contributed by atoms with Gasteiger partial charge in [0.15, 0.2) is 0 Å². The molecule has 0 bridgehead atoms. The van der Waals surface area contributed by atoms with Crippen LogP contribution in [0.25, 0.3) is 0 Å². The first-order chi connectivity index (χ1) is 9.70. The van der Waals surface area contributed by atoms with E-state index in [9.17, 15) is 13.2 Å². The highest BCUT2D eigenvalue weighted by Crippen LogP contribution is 2.33. The third-order valence-corrected chi connectivity index (χ3v) is 5.32. The second-order valence-electron chi connectivity index (χ2n) is 5.96. The predicted octanol–water partition coefficient (Wildman–Crippen LogP) is 2.33. The summed E-state index contributed by atoms with van der Waals surface area (Å²) in [4.78, 5) is 12.4. The number of sulfonamides is 1. The largest absolute Gasteiger partial charge is 0.326 e. The predicted molar refractivity (Wildman–Crippen MR) is 82.4 cm³/mol. The fraction of sp³-hybridized carbons (Fsp3) is 0.533. The average molecular weight is 310 g/mol. The quantitative estimate of drug-likeness (QED) is 0.898. The molecule has 2 rings (SSSR count). The molecule has 0 saturated heterocycles. The Labute approximate surface area is 126 Å². The summed E-state index contributed by atoms with van der Waals surface area (Å²) >= 11 is 0. The molecule has 0 spiro atoms. The van der Waals surface area contributed by atoms with Gasteiger partial charge in [-0.2, -0.15) is 0 Å². The zero-order valence-electron chi connectivity index (χ0n) is 12.6. The summed E-state index contributed by atoms with van der Waals surface area (Å²) in [7, 11) is -3.78. The molecule has 1 amide bonds. The van der Waals surface area contributed by atoms with Crippen LogP contribution in [0.15, 0.2) is 17.0 Å². The molecule has 21 heavy (non-hydrogen) atoms. The number of benzene rings is 1. The Kier molecular flexibility index (Phi) is 4.39. The Bertz CT molecular complexity index is 668. The van der Waals surface area contributed by atoms with Crippen LogP contribution in [0.5, 0.6) is 0 Å². The Hall–Kier alpha value is -1.40. The Balaban J connectivity index is 2.31. The molecule has 1 aliphatic carbocycles. The molecule has 1 aliphatic rings. The summed E-state index contributed by atoms with van der Waals surface area (Å²) in [6.45, 7) is 5.74. The smallest absolute Gasteiger partial charge is 0.238 e. The lowest BCUT2D eigenvalue weighted by molar-refractivity contribution is -0.120. The summed E-state index contributed by atoms with van der Waals surface area (Å²) in [5, 5.41) is 8.06. The lowest BCUT2D eigenvalue weighted by Gasteiger charge is -2.18. The van der Waals surface area contributed by atoms with Gasteiger partial charge in [-0.05, 0) is 55.9 Å². The van der Waals surface area contributed by atoms with E-state index in [1.807, 2.05) is 6.92 Å². The van der Waals surface area contributed by atoms with E-state index in [-0.39, 0.29) is 16.7 Å². The molecule has 2 atom stereocenters. The summed E-state index contributed by atoms with van der Waals surface area (Å²) in [5.41, 5.74) is 2.18. The second-order valence-corrected chi connectivity index (χ2v) is 7.52. The molecule has 3 N–H and O–H groups in total. The fourth-order valence-corrected chi connectivity index (χ4v) is 3.50. The highest BCUT2D eigenvalue weighted by molar-refractivity contribution is 7.89. The maximum Gasteiger partial charge on any atom is 0.238 e. The number of carbonyl (C=O) groups is 1. The van der Waals surface area contributed by atoms with E-state index in [2.05, 4.69) is 12.2 Å². The molecule has 116 valence electrons. The van der Waals surface area contributed by atoms with Gasteiger partial charge in [0.1, 0.15) is 0 Å². The first-order valence-electron chi connectivity index (χ1n) is 7.15. The van der Waals surface area contributed by atoms with Crippen molar-refractivity contribution < 1.29 is 13.2 Å². The normalized spacial score (nSPS) is 22.3. The van der Waals surface area contributed by atoms with E-state index in [1.165, 1.54) is 12.1 Å². The van der Waals surface area contributed by atoms with E-state index in [0.717, 1.165) is 30.4 Å². The van der Waals surface area contributed by atoms with Crippen LogP contribution in [0.1, 0.15) is 37.3 Å². The highest BCUT2D eigenvalue weighted by atomic mass is 32.2. The van der Waals surface area contributed by atoms with Crippen molar-refractivity contribution in [2.75, 3.05) is 5.32 Å². The van der Waals surface area contributed by atoms with Crippen LogP contribution in [0.2, 0.25) is 0 Å². The summed E-state index contributed by atoms with van der Waals surface area (Å²) < 4.78 is 23.0. The second kappa shape index (κ2) is 5.77. The van der Waals surface area contributed by atoms with Gasteiger partial charge in [0.05, 0.1) is 4.90 Å². The van der Waals surface area contributed by atoms with Crippen molar-refractivity contribution in [3.8, 4) is 0 Å². The Morgan fingerprint density at radius 1 is 1.29 bits per heavy atom. The number of nitrogens with one attached hydrogen (secondary N) is 1. The molecule has 1 saturated carbocycles. The maximum atomic E-state index is 12.4. The Morgan fingerprint density at radius 3 is 2.48 bits per heavy atom. The number of nitrogens with two attached hydrogens (primary N) is 1. The van der Waals surface area contributed by atoms with E-state index in [4.69, 9.17) is 5.14 Å². The van der Waals surface area contributed by atoms with Crippen LogP contribution in [0.4, 0.5) is 5.69 Å². The molecule has 1 aromatic carbocycles. The summed E-state index contributed by atoms with van der Waals surface area (Å²) in [5.74, 6) is 0.338. The molecule has 2 unspecified atom stereocenters. The van der Waals surface area contributed by atoms with E-state index in [0.29, 0.717) is 11.6 Å². The summed E-state index contributed by atoms with van der Waals surface area (Å²) in [6.07, 6.45) is 3.02. The third kappa shape index (κ3) is 3.44. The van der Waals surface area contributed by atoms with Crippen molar-refractivity contribution in [2.45, 2.75) is 44.9 Å². The lowest BCUT2D eigenvalue weighted by atomic mass is 9.97. The van der Waals surface area contributed by atoms with E-state index in [1.54, 1.807) is 6.92 Å². The molecule has 0 aliphatic heterocycles. The minimum atomic E-state index is -3.78. The van der Waals surface area contributed by atoms with Crippen molar-refractivity contribution >= 4 is 21.6 Å². The van der Waals surface area contributed by atoms with Crippen LogP contribution in [-0.4, -0.2) is 14.3 Å². The van der Waals surface area contributed by atoms with Crippen molar-refractivity contribution in [3.63, 3.8) is 0 Å². The summed E-state index contributed by atoms with van der Waals surface area (Å²) in [6, 6.07) is 2.97. The molecule has 1 aromatic rings. The molecular formula is C15H22N2O3S. The fourth-order valence-electron chi connectivity index (χ4n) is 2.88. The van der Waals surface area contributed by atoms with Crippen LogP contribution in [0.3, 0.4) is 0 Å². The third-order valence-electron chi connectivity index (χ3n) is 4.43. The van der Waals surface area contributed by atoms with Crippen LogP contribution in [0, 0.1) is 25.7 Å². The van der Waals surface area contributed by atoms with Gasteiger partial charge in [-0.3, -0.25) is 4.79 Å². The van der Waals surface area contributed by atoms with Crippen LogP contribution >= 0.6 is 0 Å². The molecule has 0 radical (unpaired) electrons. The average Bonchev–Trinajstić information content (AvgIpc) is 2.79.